The summed E-state index contributed by atoms with van der Waals surface area (Å²) in [4.78, 5) is 28.0. The third-order valence-corrected chi connectivity index (χ3v) is 3.66. The zero-order chi connectivity index (χ0) is 15.3. The fourth-order valence-electron chi connectivity index (χ4n) is 2.88. The van der Waals surface area contributed by atoms with Gasteiger partial charge in [-0.05, 0) is 47.5 Å². The Morgan fingerprint density at radius 3 is 2.35 bits per heavy atom. The van der Waals surface area contributed by atoms with E-state index in [1.54, 1.807) is 11.8 Å². The summed E-state index contributed by atoms with van der Waals surface area (Å²) in [6, 6.07) is 0.362. The van der Waals surface area contributed by atoms with E-state index in [0.29, 0.717) is 19.7 Å². The van der Waals surface area contributed by atoms with Crippen LogP contribution in [0.25, 0.3) is 0 Å². The van der Waals surface area contributed by atoms with Crippen molar-refractivity contribution in [1.29, 1.82) is 0 Å². The van der Waals surface area contributed by atoms with E-state index < -0.39 is 0 Å². The second-order valence-corrected chi connectivity index (χ2v) is 5.92. The molecule has 1 fully saturated rings. The van der Waals surface area contributed by atoms with Gasteiger partial charge >= 0.3 is 6.09 Å². The molecule has 0 N–H and O–H groups in total. The summed E-state index contributed by atoms with van der Waals surface area (Å²) in [6.07, 6.45) is 1.41. The molecule has 20 heavy (non-hydrogen) atoms. The van der Waals surface area contributed by atoms with Gasteiger partial charge in [0.25, 0.3) is 0 Å². The average Bonchev–Trinajstić information content (AvgIpc) is 2.38. The lowest BCUT2D eigenvalue weighted by atomic mass is 9.95. The first-order valence-electron chi connectivity index (χ1n) is 7.62. The van der Waals surface area contributed by atoms with E-state index in [2.05, 4.69) is 0 Å². The lowest BCUT2D eigenvalue weighted by molar-refractivity contribution is -0.140. The minimum Gasteiger partial charge on any atom is -0.450 e. The van der Waals surface area contributed by atoms with Crippen molar-refractivity contribution in [1.82, 2.24) is 9.80 Å². The van der Waals surface area contributed by atoms with E-state index in [1.807, 2.05) is 32.6 Å². The Kier molecular flexibility index (Phi) is 6.30. The van der Waals surface area contributed by atoms with Crippen molar-refractivity contribution in [2.24, 2.45) is 5.92 Å². The van der Waals surface area contributed by atoms with Crippen molar-refractivity contribution in [2.75, 3.05) is 19.7 Å². The molecule has 1 saturated heterocycles. The quantitative estimate of drug-likeness (QED) is 0.797. The highest BCUT2D eigenvalue weighted by Gasteiger charge is 2.33. The third-order valence-electron chi connectivity index (χ3n) is 3.66. The Morgan fingerprint density at radius 1 is 1.25 bits per heavy atom. The molecule has 5 nitrogen and oxygen atoms in total. The Labute approximate surface area is 122 Å². The number of hydrogen-bond acceptors (Lipinski definition) is 3. The SMILES string of the molecule is CCOC(=O)N1CCCC(C(=O)N(C(C)C)C(C)C)C1. The molecule has 0 aromatic carbocycles. The fourth-order valence-corrected chi connectivity index (χ4v) is 2.88. The molecule has 1 unspecified atom stereocenters. The number of carbonyl (C=O) groups is 2. The monoisotopic (exact) mass is 284 g/mol. The maximum atomic E-state index is 12.7. The predicted octanol–water partition coefficient (Wildman–Crippen LogP) is 2.50. The molecule has 5 heteroatoms. The van der Waals surface area contributed by atoms with Gasteiger partial charge in [-0.1, -0.05) is 0 Å². The molecule has 0 saturated carbocycles. The second-order valence-electron chi connectivity index (χ2n) is 5.92. The van der Waals surface area contributed by atoms with E-state index in [4.69, 9.17) is 4.74 Å². The van der Waals surface area contributed by atoms with Gasteiger partial charge in [0.1, 0.15) is 0 Å². The van der Waals surface area contributed by atoms with Crippen molar-refractivity contribution >= 4 is 12.0 Å². The van der Waals surface area contributed by atoms with Gasteiger partial charge in [0.05, 0.1) is 12.5 Å². The maximum Gasteiger partial charge on any atom is 0.409 e. The van der Waals surface area contributed by atoms with E-state index in [-0.39, 0.29) is 30.0 Å². The van der Waals surface area contributed by atoms with Crippen LogP contribution in [0.1, 0.15) is 47.5 Å². The fraction of sp³-hybridized carbons (Fsp3) is 0.867. The molecule has 1 aliphatic rings. The standard InChI is InChI=1S/C15H28N2O3/c1-6-20-15(19)16-9-7-8-13(10-16)14(18)17(11(2)3)12(4)5/h11-13H,6-10H2,1-5H3. The van der Waals surface area contributed by atoms with Gasteiger partial charge in [-0.3, -0.25) is 4.79 Å². The van der Waals surface area contributed by atoms with E-state index in [1.165, 1.54) is 0 Å². The average molecular weight is 284 g/mol. The predicted molar refractivity (Wildman–Crippen MR) is 78.4 cm³/mol. The van der Waals surface area contributed by atoms with Crippen LogP contribution in [-0.2, 0) is 9.53 Å². The summed E-state index contributed by atoms with van der Waals surface area (Å²) in [5.41, 5.74) is 0. The van der Waals surface area contributed by atoms with Gasteiger partial charge in [-0.25, -0.2) is 4.79 Å². The van der Waals surface area contributed by atoms with Crippen LogP contribution in [0.2, 0.25) is 0 Å². The lowest BCUT2D eigenvalue weighted by Crippen LogP contribution is -2.50. The first-order valence-corrected chi connectivity index (χ1v) is 7.62. The zero-order valence-corrected chi connectivity index (χ0v) is 13.4. The van der Waals surface area contributed by atoms with Crippen molar-refractivity contribution in [3.8, 4) is 0 Å². The van der Waals surface area contributed by atoms with Crippen LogP contribution in [0.15, 0.2) is 0 Å². The van der Waals surface area contributed by atoms with Crippen molar-refractivity contribution in [3.05, 3.63) is 0 Å². The minimum atomic E-state index is -0.300. The number of hydrogen-bond donors (Lipinski definition) is 0. The summed E-state index contributed by atoms with van der Waals surface area (Å²) in [5, 5.41) is 0. The Morgan fingerprint density at radius 2 is 1.85 bits per heavy atom. The van der Waals surface area contributed by atoms with Gasteiger partial charge in [0.15, 0.2) is 0 Å². The van der Waals surface area contributed by atoms with Crippen LogP contribution in [0.4, 0.5) is 4.79 Å². The molecule has 1 heterocycles. The maximum absolute atomic E-state index is 12.7. The third kappa shape index (κ3) is 4.12. The molecule has 0 spiro atoms. The van der Waals surface area contributed by atoms with E-state index in [9.17, 15) is 9.59 Å². The summed E-state index contributed by atoms with van der Waals surface area (Å²) in [6.45, 7) is 11.5. The summed E-state index contributed by atoms with van der Waals surface area (Å²) < 4.78 is 5.03. The smallest absolute Gasteiger partial charge is 0.409 e. The summed E-state index contributed by atoms with van der Waals surface area (Å²) in [5.74, 6) is 0.0574. The second kappa shape index (κ2) is 7.50. The van der Waals surface area contributed by atoms with Crippen LogP contribution in [0, 0.1) is 5.92 Å². The van der Waals surface area contributed by atoms with Gasteiger partial charge in [0.2, 0.25) is 5.91 Å². The molecule has 0 aromatic rings. The molecule has 116 valence electrons. The first kappa shape index (κ1) is 16.8. The number of rotatable bonds is 4. The van der Waals surface area contributed by atoms with Crippen LogP contribution in [0.5, 0.6) is 0 Å². The number of piperidine rings is 1. The number of carbonyl (C=O) groups excluding carboxylic acids is 2. The van der Waals surface area contributed by atoms with E-state index in [0.717, 1.165) is 12.8 Å². The molecule has 1 aliphatic heterocycles. The molecular formula is C15H28N2O3. The highest BCUT2D eigenvalue weighted by atomic mass is 16.6. The molecule has 0 bridgehead atoms. The van der Waals surface area contributed by atoms with Gasteiger partial charge in [-0.2, -0.15) is 0 Å². The van der Waals surface area contributed by atoms with Gasteiger partial charge < -0.3 is 14.5 Å². The van der Waals surface area contributed by atoms with Crippen molar-refractivity contribution in [3.63, 3.8) is 0 Å². The number of amides is 2. The number of ether oxygens (including phenoxy) is 1. The summed E-state index contributed by atoms with van der Waals surface area (Å²) in [7, 11) is 0. The molecule has 0 radical (unpaired) electrons. The van der Waals surface area contributed by atoms with Crippen LogP contribution in [-0.4, -0.2) is 53.6 Å². The first-order chi connectivity index (χ1) is 9.38. The molecule has 1 rings (SSSR count). The minimum absolute atomic E-state index is 0.0991. The Bertz CT molecular complexity index is 334. The van der Waals surface area contributed by atoms with Crippen LogP contribution >= 0.6 is 0 Å². The van der Waals surface area contributed by atoms with Crippen LogP contribution < -0.4 is 0 Å². The highest BCUT2D eigenvalue weighted by molar-refractivity contribution is 5.80. The topological polar surface area (TPSA) is 49.9 Å². The van der Waals surface area contributed by atoms with Gasteiger partial charge in [-0.15, -0.1) is 0 Å². The lowest BCUT2D eigenvalue weighted by Gasteiger charge is -2.37. The Hall–Kier alpha value is -1.26. The normalized spacial score (nSPS) is 19.4. The molecule has 1 atom stereocenters. The van der Waals surface area contributed by atoms with Gasteiger partial charge in [0, 0.05) is 25.2 Å². The molecule has 0 aliphatic carbocycles. The zero-order valence-electron chi connectivity index (χ0n) is 13.4. The van der Waals surface area contributed by atoms with Crippen LogP contribution in [0.3, 0.4) is 0 Å². The highest BCUT2D eigenvalue weighted by Crippen LogP contribution is 2.21. The van der Waals surface area contributed by atoms with E-state index >= 15 is 0 Å². The largest absolute Gasteiger partial charge is 0.450 e. The molecule has 2 amide bonds. The number of nitrogens with zero attached hydrogens (tertiary/aromatic N) is 2. The number of likely N-dealkylation sites (tertiary alicyclic amines) is 1. The summed E-state index contributed by atoms with van der Waals surface area (Å²) >= 11 is 0. The molecular weight excluding hydrogens is 256 g/mol. The van der Waals surface area contributed by atoms with Crippen molar-refractivity contribution < 1.29 is 14.3 Å². The van der Waals surface area contributed by atoms with Crippen molar-refractivity contribution in [2.45, 2.75) is 59.5 Å². The Balaban J connectivity index is 2.70. The molecule has 0 aromatic heterocycles.